The standard InChI is InChI=1S/C23H23N3O5S/c1-31-20-9-7-17(8-10-20)21-11-12-22(27)25(24-21)15-23(28)26(18-5-3-2-4-6-18)19-13-14-32(29,30)16-19/h2-12,19H,13-16H2,1H3/t19-/m0/s1. The van der Waals surface area contributed by atoms with Gasteiger partial charge in [-0.3, -0.25) is 9.59 Å². The van der Waals surface area contributed by atoms with E-state index in [2.05, 4.69) is 5.10 Å². The average molecular weight is 454 g/mol. The van der Waals surface area contributed by atoms with Gasteiger partial charge in [0, 0.05) is 17.3 Å². The van der Waals surface area contributed by atoms with E-state index in [0.29, 0.717) is 23.6 Å². The van der Waals surface area contributed by atoms with E-state index < -0.39 is 21.4 Å². The molecule has 1 fully saturated rings. The highest BCUT2D eigenvalue weighted by molar-refractivity contribution is 7.91. The molecular weight excluding hydrogens is 430 g/mol. The van der Waals surface area contributed by atoms with Gasteiger partial charge in [-0.2, -0.15) is 5.10 Å². The zero-order valence-corrected chi connectivity index (χ0v) is 18.4. The summed E-state index contributed by atoms with van der Waals surface area (Å²) in [6.45, 7) is -0.297. The minimum atomic E-state index is -3.20. The van der Waals surface area contributed by atoms with Crippen LogP contribution in [0.4, 0.5) is 5.69 Å². The molecule has 4 rings (SSSR count). The second-order valence-corrected chi connectivity index (χ2v) is 9.83. The van der Waals surface area contributed by atoms with Gasteiger partial charge in [0.05, 0.1) is 30.4 Å². The molecule has 1 saturated heterocycles. The van der Waals surface area contributed by atoms with Gasteiger partial charge < -0.3 is 9.64 Å². The van der Waals surface area contributed by atoms with Gasteiger partial charge in [-0.25, -0.2) is 13.1 Å². The van der Waals surface area contributed by atoms with Crippen LogP contribution in [-0.2, 0) is 21.2 Å². The van der Waals surface area contributed by atoms with E-state index in [-0.39, 0.29) is 24.0 Å². The number of ether oxygens (including phenoxy) is 1. The Morgan fingerprint density at radius 3 is 2.44 bits per heavy atom. The van der Waals surface area contributed by atoms with Crippen LogP contribution in [0, 0.1) is 0 Å². The molecule has 0 bridgehead atoms. The topological polar surface area (TPSA) is 98.6 Å². The molecule has 2 heterocycles. The Kier molecular flexibility index (Phi) is 6.09. The van der Waals surface area contributed by atoms with Crippen molar-refractivity contribution in [1.29, 1.82) is 0 Å². The first-order valence-corrected chi connectivity index (χ1v) is 12.0. The van der Waals surface area contributed by atoms with E-state index >= 15 is 0 Å². The third-order valence-corrected chi connectivity index (χ3v) is 7.16. The van der Waals surface area contributed by atoms with Crippen LogP contribution in [0.1, 0.15) is 6.42 Å². The van der Waals surface area contributed by atoms with Crippen molar-refractivity contribution >= 4 is 21.4 Å². The molecule has 9 heteroatoms. The fourth-order valence-corrected chi connectivity index (χ4v) is 5.51. The summed E-state index contributed by atoms with van der Waals surface area (Å²) < 4.78 is 30.4. The molecule has 0 N–H and O–H groups in total. The third kappa shape index (κ3) is 4.72. The monoisotopic (exact) mass is 453 g/mol. The number of nitrogens with zero attached hydrogens (tertiary/aromatic N) is 3. The minimum Gasteiger partial charge on any atom is -0.497 e. The zero-order valence-electron chi connectivity index (χ0n) is 17.5. The second-order valence-electron chi connectivity index (χ2n) is 7.60. The van der Waals surface area contributed by atoms with Crippen molar-refractivity contribution in [2.75, 3.05) is 23.5 Å². The molecular formula is C23H23N3O5S. The molecule has 3 aromatic rings. The van der Waals surface area contributed by atoms with Gasteiger partial charge in [-0.15, -0.1) is 0 Å². The van der Waals surface area contributed by atoms with E-state index in [1.807, 2.05) is 18.2 Å². The summed E-state index contributed by atoms with van der Waals surface area (Å²) in [5.41, 5.74) is 1.49. The Bertz CT molecular complexity index is 1270. The number of rotatable bonds is 6. The van der Waals surface area contributed by atoms with Crippen molar-refractivity contribution in [1.82, 2.24) is 9.78 Å². The number of para-hydroxylation sites is 1. The number of hydrogen-bond donors (Lipinski definition) is 0. The number of hydrogen-bond acceptors (Lipinski definition) is 6. The van der Waals surface area contributed by atoms with Gasteiger partial charge >= 0.3 is 0 Å². The third-order valence-electron chi connectivity index (χ3n) is 5.41. The molecule has 0 unspecified atom stereocenters. The highest BCUT2D eigenvalue weighted by atomic mass is 32.2. The fourth-order valence-electron chi connectivity index (χ4n) is 3.81. The molecule has 0 aliphatic carbocycles. The van der Waals surface area contributed by atoms with Crippen LogP contribution in [0.3, 0.4) is 0 Å². The van der Waals surface area contributed by atoms with Crippen LogP contribution in [0.15, 0.2) is 71.5 Å². The van der Waals surface area contributed by atoms with Crippen LogP contribution in [0.25, 0.3) is 11.3 Å². The maximum Gasteiger partial charge on any atom is 0.267 e. The predicted octanol–water partition coefficient (Wildman–Crippen LogP) is 2.14. The number of sulfone groups is 1. The van der Waals surface area contributed by atoms with Crippen molar-refractivity contribution < 1.29 is 17.9 Å². The number of carbonyl (C=O) groups excluding carboxylic acids is 1. The largest absolute Gasteiger partial charge is 0.497 e. The van der Waals surface area contributed by atoms with Crippen molar-refractivity contribution in [3.8, 4) is 17.0 Å². The molecule has 0 saturated carbocycles. The average Bonchev–Trinajstić information content (AvgIpc) is 3.15. The van der Waals surface area contributed by atoms with E-state index in [1.54, 1.807) is 49.6 Å². The van der Waals surface area contributed by atoms with E-state index in [1.165, 1.54) is 11.0 Å². The Morgan fingerprint density at radius 2 is 1.81 bits per heavy atom. The number of aromatic nitrogens is 2. The van der Waals surface area contributed by atoms with Crippen LogP contribution < -0.4 is 15.2 Å². The van der Waals surface area contributed by atoms with Crippen LogP contribution >= 0.6 is 0 Å². The first-order valence-electron chi connectivity index (χ1n) is 10.2. The number of carbonyl (C=O) groups is 1. The van der Waals surface area contributed by atoms with Crippen molar-refractivity contribution in [3.63, 3.8) is 0 Å². The quantitative estimate of drug-likeness (QED) is 0.567. The lowest BCUT2D eigenvalue weighted by atomic mass is 10.1. The van der Waals surface area contributed by atoms with Crippen molar-refractivity contribution in [3.05, 3.63) is 77.1 Å². The summed E-state index contributed by atoms with van der Waals surface area (Å²) in [5, 5.41) is 4.37. The second kappa shape index (κ2) is 8.96. The van der Waals surface area contributed by atoms with E-state index in [4.69, 9.17) is 4.74 Å². The first-order chi connectivity index (χ1) is 15.4. The van der Waals surface area contributed by atoms with Gasteiger partial charge in [0.1, 0.15) is 12.3 Å². The molecule has 32 heavy (non-hydrogen) atoms. The molecule has 0 radical (unpaired) electrons. The Labute approximate surface area is 186 Å². The summed E-state index contributed by atoms with van der Waals surface area (Å²) in [7, 11) is -1.62. The smallest absolute Gasteiger partial charge is 0.267 e. The number of benzene rings is 2. The lowest BCUT2D eigenvalue weighted by molar-refractivity contribution is -0.119. The summed E-state index contributed by atoms with van der Waals surface area (Å²) in [5.74, 6) is 0.253. The molecule has 166 valence electrons. The van der Waals surface area contributed by atoms with Crippen molar-refractivity contribution in [2.24, 2.45) is 0 Å². The van der Waals surface area contributed by atoms with Crippen LogP contribution in [0.5, 0.6) is 5.75 Å². The Balaban J connectivity index is 1.64. The van der Waals surface area contributed by atoms with E-state index in [0.717, 1.165) is 10.2 Å². The molecule has 2 aromatic carbocycles. The van der Waals surface area contributed by atoms with Crippen LogP contribution in [0.2, 0.25) is 0 Å². The lowest BCUT2D eigenvalue weighted by Crippen LogP contribution is -2.44. The number of methoxy groups -OCH3 is 1. The molecule has 1 aromatic heterocycles. The predicted molar refractivity (Wildman–Crippen MR) is 121 cm³/mol. The zero-order chi connectivity index (χ0) is 22.7. The summed E-state index contributed by atoms with van der Waals surface area (Å²) in [6, 6.07) is 18.6. The maximum atomic E-state index is 13.3. The van der Waals surface area contributed by atoms with E-state index in [9.17, 15) is 18.0 Å². The minimum absolute atomic E-state index is 0.0411. The van der Waals surface area contributed by atoms with Gasteiger partial charge in [0.25, 0.3) is 5.56 Å². The lowest BCUT2D eigenvalue weighted by Gasteiger charge is -2.28. The molecule has 1 aliphatic rings. The highest BCUT2D eigenvalue weighted by Gasteiger charge is 2.35. The molecule has 1 amide bonds. The van der Waals surface area contributed by atoms with Crippen LogP contribution in [-0.4, -0.2) is 48.8 Å². The fraction of sp³-hybridized carbons (Fsp3) is 0.261. The number of amides is 1. The molecule has 1 aliphatic heterocycles. The van der Waals surface area contributed by atoms with Gasteiger partial charge in [0.15, 0.2) is 9.84 Å². The van der Waals surface area contributed by atoms with Gasteiger partial charge in [-0.1, -0.05) is 18.2 Å². The summed E-state index contributed by atoms with van der Waals surface area (Å²) in [6.07, 6.45) is 0.358. The Hall–Kier alpha value is -3.46. The SMILES string of the molecule is COc1ccc(-c2ccc(=O)n(CC(=O)N(c3ccccc3)[C@H]3CCS(=O)(=O)C3)n2)cc1. The normalized spacial score (nSPS) is 17.1. The molecule has 8 nitrogen and oxygen atoms in total. The van der Waals surface area contributed by atoms with Gasteiger partial charge in [0.2, 0.25) is 5.91 Å². The highest BCUT2D eigenvalue weighted by Crippen LogP contribution is 2.25. The summed E-state index contributed by atoms with van der Waals surface area (Å²) in [4.78, 5) is 27.2. The first kappa shape index (κ1) is 21.8. The van der Waals surface area contributed by atoms with Crippen molar-refractivity contribution in [2.45, 2.75) is 19.0 Å². The number of anilines is 1. The maximum absolute atomic E-state index is 13.3. The molecule has 1 atom stereocenters. The van der Waals surface area contributed by atoms with Gasteiger partial charge in [-0.05, 0) is 48.9 Å². The Morgan fingerprint density at radius 1 is 1.09 bits per heavy atom. The molecule has 0 spiro atoms. The summed E-state index contributed by atoms with van der Waals surface area (Å²) >= 11 is 0.